The summed E-state index contributed by atoms with van der Waals surface area (Å²) in [6, 6.07) is 30.9. The largest absolute Gasteiger partial charge is 0.352 e. The standard InChI is InChI=1S/C35H35ClIN3O4S/c36-28-13-9-12-27(22-28)24-39(33(23-26-10-3-1-4-11-26)35(42)38-30-14-7-8-15-30)34(41)25-40(31-20-18-29(37)19-21-31)45(43,44)32-16-5-2-6-17-32/h1-6,9-13,16-22,30,33H,7-8,14-15,23-25H2,(H,38,42)/t33-/m1/s1. The smallest absolute Gasteiger partial charge is 0.264 e. The molecule has 45 heavy (non-hydrogen) atoms. The zero-order chi connectivity index (χ0) is 31.8. The number of nitrogens with one attached hydrogen (secondary N) is 1. The van der Waals surface area contributed by atoms with Crippen molar-refractivity contribution in [3.63, 3.8) is 0 Å². The van der Waals surface area contributed by atoms with Crippen molar-refractivity contribution in [2.24, 2.45) is 0 Å². The molecule has 1 fully saturated rings. The van der Waals surface area contributed by atoms with Gasteiger partial charge in [-0.25, -0.2) is 8.42 Å². The van der Waals surface area contributed by atoms with Crippen molar-refractivity contribution >= 4 is 61.7 Å². The fourth-order valence-corrected chi connectivity index (χ4v) is 7.62. The number of carbonyl (C=O) groups excluding carboxylic acids is 2. The number of carbonyl (C=O) groups is 2. The van der Waals surface area contributed by atoms with Gasteiger partial charge in [0.1, 0.15) is 12.6 Å². The lowest BCUT2D eigenvalue weighted by Gasteiger charge is -2.34. The molecule has 1 aliphatic rings. The Balaban J connectivity index is 1.56. The minimum atomic E-state index is -4.14. The highest BCUT2D eigenvalue weighted by molar-refractivity contribution is 14.1. The maximum atomic E-state index is 14.5. The number of sulfonamides is 1. The molecular weight excluding hydrogens is 721 g/mol. The maximum Gasteiger partial charge on any atom is 0.264 e. The van der Waals surface area contributed by atoms with Gasteiger partial charge in [-0.3, -0.25) is 13.9 Å². The highest BCUT2D eigenvalue weighted by atomic mass is 127. The average Bonchev–Trinajstić information content (AvgIpc) is 3.56. The number of halogens is 2. The zero-order valence-corrected chi connectivity index (χ0v) is 28.4. The Bertz CT molecular complexity index is 1700. The third-order valence-electron chi connectivity index (χ3n) is 7.94. The molecule has 4 aromatic rings. The highest BCUT2D eigenvalue weighted by Crippen LogP contribution is 2.26. The van der Waals surface area contributed by atoms with E-state index in [4.69, 9.17) is 11.6 Å². The van der Waals surface area contributed by atoms with Crippen LogP contribution in [0.2, 0.25) is 5.02 Å². The molecule has 234 valence electrons. The first-order valence-corrected chi connectivity index (χ1v) is 17.8. The monoisotopic (exact) mass is 755 g/mol. The maximum absolute atomic E-state index is 14.5. The first kappa shape index (κ1) is 33.0. The molecular formula is C35H35ClIN3O4S. The number of hydrogen-bond acceptors (Lipinski definition) is 4. The molecule has 5 rings (SSSR count). The number of hydrogen-bond donors (Lipinski definition) is 1. The molecule has 7 nitrogen and oxygen atoms in total. The minimum Gasteiger partial charge on any atom is -0.352 e. The molecule has 1 atom stereocenters. The molecule has 1 aliphatic carbocycles. The van der Waals surface area contributed by atoms with E-state index in [0.717, 1.165) is 44.7 Å². The van der Waals surface area contributed by atoms with Crippen molar-refractivity contribution in [3.8, 4) is 0 Å². The van der Waals surface area contributed by atoms with E-state index in [0.29, 0.717) is 10.7 Å². The van der Waals surface area contributed by atoms with Crippen LogP contribution < -0.4 is 9.62 Å². The van der Waals surface area contributed by atoms with Gasteiger partial charge in [0.25, 0.3) is 10.0 Å². The molecule has 0 saturated heterocycles. The number of anilines is 1. The summed E-state index contributed by atoms with van der Waals surface area (Å²) in [5.41, 5.74) is 1.97. The van der Waals surface area contributed by atoms with Gasteiger partial charge in [-0.05, 0) is 95.1 Å². The molecule has 0 radical (unpaired) electrons. The topological polar surface area (TPSA) is 86.8 Å². The molecule has 4 aromatic carbocycles. The molecule has 1 N–H and O–H groups in total. The number of amides is 2. The normalized spacial score (nSPS) is 14.1. The second kappa shape index (κ2) is 15.2. The predicted molar refractivity (Wildman–Crippen MR) is 186 cm³/mol. The first-order chi connectivity index (χ1) is 21.7. The predicted octanol–water partition coefficient (Wildman–Crippen LogP) is 6.84. The Morgan fingerprint density at radius 3 is 2.11 bits per heavy atom. The van der Waals surface area contributed by atoms with Crippen molar-refractivity contribution in [1.82, 2.24) is 10.2 Å². The fourth-order valence-electron chi connectivity index (χ4n) is 5.61. The van der Waals surface area contributed by atoms with E-state index in [1.807, 2.05) is 36.4 Å². The van der Waals surface area contributed by atoms with Gasteiger partial charge in [-0.15, -0.1) is 0 Å². The molecule has 0 heterocycles. The fraction of sp³-hybridized carbons (Fsp3) is 0.257. The van der Waals surface area contributed by atoms with Gasteiger partial charge in [0.05, 0.1) is 10.6 Å². The summed E-state index contributed by atoms with van der Waals surface area (Å²) < 4.78 is 30.2. The average molecular weight is 756 g/mol. The van der Waals surface area contributed by atoms with Gasteiger partial charge in [-0.2, -0.15) is 0 Å². The summed E-state index contributed by atoms with van der Waals surface area (Å²) in [6.07, 6.45) is 4.13. The molecule has 0 aliphatic heterocycles. The van der Waals surface area contributed by atoms with Crippen LogP contribution in [0.1, 0.15) is 36.8 Å². The number of nitrogens with zero attached hydrogens (tertiary/aromatic N) is 2. The summed E-state index contributed by atoms with van der Waals surface area (Å²) >= 11 is 8.48. The Labute approximate surface area is 283 Å². The van der Waals surface area contributed by atoms with E-state index < -0.39 is 28.5 Å². The summed E-state index contributed by atoms with van der Waals surface area (Å²) in [4.78, 5) is 30.2. The summed E-state index contributed by atoms with van der Waals surface area (Å²) in [6.45, 7) is -0.429. The van der Waals surface area contributed by atoms with Crippen LogP contribution in [-0.2, 0) is 32.6 Å². The Morgan fingerprint density at radius 1 is 0.844 bits per heavy atom. The Hall–Kier alpha value is -3.41. The van der Waals surface area contributed by atoms with Crippen LogP contribution in [0.5, 0.6) is 0 Å². The lowest BCUT2D eigenvalue weighted by molar-refractivity contribution is -0.140. The molecule has 0 aromatic heterocycles. The van der Waals surface area contributed by atoms with Crippen molar-refractivity contribution in [2.45, 2.75) is 55.6 Å². The second-order valence-corrected chi connectivity index (χ2v) is 14.7. The number of benzene rings is 4. The zero-order valence-electron chi connectivity index (χ0n) is 24.7. The van der Waals surface area contributed by atoms with Crippen molar-refractivity contribution < 1.29 is 18.0 Å². The molecule has 0 spiro atoms. The van der Waals surface area contributed by atoms with Gasteiger partial charge in [0, 0.05) is 27.6 Å². The van der Waals surface area contributed by atoms with Crippen molar-refractivity contribution in [1.29, 1.82) is 0 Å². The van der Waals surface area contributed by atoms with E-state index >= 15 is 0 Å². The van der Waals surface area contributed by atoms with Gasteiger partial charge in [-0.1, -0.05) is 85.1 Å². The van der Waals surface area contributed by atoms with E-state index in [-0.39, 0.29) is 29.8 Å². The molecule has 0 unspecified atom stereocenters. The second-order valence-electron chi connectivity index (χ2n) is 11.1. The minimum absolute atomic E-state index is 0.0423. The van der Waals surface area contributed by atoms with Crippen LogP contribution in [0.3, 0.4) is 0 Å². The SMILES string of the molecule is O=C(NC1CCCC1)[C@@H](Cc1ccccc1)N(Cc1cccc(Cl)c1)C(=O)CN(c1ccc(I)cc1)S(=O)(=O)c1ccccc1. The Kier molecular flexibility index (Phi) is 11.2. The van der Waals surface area contributed by atoms with Crippen LogP contribution >= 0.6 is 34.2 Å². The summed E-state index contributed by atoms with van der Waals surface area (Å²) in [7, 11) is -4.14. The molecule has 2 amide bonds. The first-order valence-electron chi connectivity index (χ1n) is 14.9. The summed E-state index contributed by atoms with van der Waals surface area (Å²) in [5.74, 6) is -0.761. The van der Waals surface area contributed by atoms with E-state index in [2.05, 4.69) is 27.9 Å². The molecule has 0 bridgehead atoms. The van der Waals surface area contributed by atoms with E-state index in [9.17, 15) is 18.0 Å². The molecule has 1 saturated carbocycles. The van der Waals surface area contributed by atoms with Gasteiger partial charge in [0.15, 0.2) is 0 Å². The van der Waals surface area contributed by atoms with E-state index in [1.165, 1.54) is 17.0 Å². The van der Waals surface area contributed by atoms with Gasteiger partial charge >= 0.3 is 0 Å². The van der Waals surface area contributed by atoms with Gasteiger partial charge in [0.2, 0.25) is 11.8 Å². The lowest BCUT2D eigenvalue weighted by Crippen LogP contribution is -2.54. The number of rotatable bonds is 12. The third kappa shape index (κ3) is 8.65. The van der Waals surface area contributed by atoms with Crippen LogP contribution in [0.25, 0.3) is 0 Å². The van der Waals surface area contributed by atoms with E-state index in [1.54, 1.807) is 60.7 Å². The van der Waals surface area contributed by atoms with Crippen LogP contribution in [0.4, 0.5) is 5.69 Å². The van der Waals surface area contributed by atoms with Crippen LogP contribution in [0.15, 0.2) is 114 Å². The van der Waals surface area contributed by atoms with Crippen molar-refractivity contribution in [2.75, 3.05) is 10.8 Å². The van der Waals surface area contributed by atoms with Crippen molar-refractivity contribution in [3.05, 3.63) is 129 Å². The lowest BCUT2D eigenvalue weighted by atomic mass is 10.0. The summed E-state index contributed by atoms with van der Waals surface area (Å²) in [5, 5.41) is 3.69. The Morgan fingerprint density at radius 2 is 1.47 bits per heavy atom. The van der Waals surface area contributed by atoms with Crippen LogP contribution in [0, 0.1) is 3.57 Å². The van der Waals surface area contributed by atoms with Crippen LogP contribution in [-0.4, -0.2) is 43.8 Å². The quantitative estimate of drug-likeness (QED) is 0.161. The van der Waals surface area contributed by atoms with Gasteiger partial charge < -0.3 is 10.2 Å². The molecule has 10 heteroatoms. The third-order valence-corrected chi connectivity index (χ3v) is 10.7. The highest BCUT2D eigenvalue weighted by Gasteiger charge is 2.35.